The van der Waals surface area contributed by atoms with Crippen LogP contribution in [0, 0.1) is 0 Å². The van der Waals surface area contributed by atoms with E-state index >= 15 is 0 Å². The third kappa shape index (κ3) is 5.43. The largest absolute Gasteiger partial charge is 0.493 e. The molecule has 4 rings (SSSR count). The van der Waals surface area contributed by atoms with Crippen molar-refractivity contribution in [2.24, 2.45) is 0 Å². The predicted molar refractivity (Wildman–Crippen MR) is 140 cm³/mol. The van der Waals surface area contributed by atoms with Gasteiger partial charge in [-0.15, -0.1) is 0 Å². The number of rotatable bonds is 7. The molecule has 36 heavy (non-hydrogen) atoms. The van der Waals surface area contributed by atoms with E-state index in [1.54, 1.807) is 37.3 Å². The molecule has 8 nitrogen and oxygen atoms in total. The molecule has 2 aromatic carbocycles. The molecule has 1 amide bonds. The van der Waals surface area contributed by atoms with E-state index in [1.807, 2.05) is 19.1 Å². The summed E-state index contributed by atoms with van der Waals surface area (Å²) in [6.45, 7) is 2.52. The number of H-pyrrole nitrogens is 1. The number of halogens is 2. The highest BCUT2D eigenvalue weighted by Crippen LogP contribution is 2.38. The van der Waals surface area contributed by atoms with E-state index in [0.717, 1.165) is 22.9 Å². The molecule has 1 aliphatic rings. The lowest BCUT2D eigenvalue weighted by atomic mass is 9.93. The van der Waals surface area contributed by atoms with Crippen LogP contribution in [0.2, 0.25) is 10.0 Å². The van der Waals surface area contributed by atoms with Gasteiger partial charge in [0.25, 0.3) is 5.56 Å². The fraction of sp³-hybridized carbons (Fsp3) is 0.320. The SMILES string of the molecule is COc1cc2c(cc1OC)[C@H](C)N(C(=O)CSc1nc(O)c(Cc3ccc(Cl)c(Cl)c3)c(=O)[nH]1)CC2. The monoisotopic (exact) mass is 549 g/mol. The molecule has 1 atom stereocenters. The number of aromatic amines is 1. The first-order valence-corrected chi connectivity index (χ1v) is 12.9. The third-order valence-electron chi connectivity index (χ3n) is 6.17. The fourth-order valence-electron chi connectivity index (χ4n) is 4.25. The van der Waals surface area contributed by atoms with Crippen molar-refractivity contribution in [2.45, 2.75) is 31.0 Å². The Bertz CT molecular complexity index is 1360. The Labute approximate surface area is 222 Å². The molecular weight excluding hydrogens is 525 g/mol. The standard InChI is InChI=1S/C25H25Cl2N3O5S/c1-13-16-11-21(35-3)20(34-2)10-15(16)6-7-30(13)22(31)12-36-25-28-23(32)17(24(33)29-25)8-14-4-5-18(26)19(27)9-14/h4-5,9-11,13H,6-8,12H2,1-3H3,(H2,28,29,32,33)/t13-/m0/s1. The molecule has 0 spiro atoms. The minimum absolute atomic E-state index is 0.0570. The average molecular weight is 550 g/mol. The van der Waals surface area contributed by atoms with Crippen molar-refractivity contribution in [1.29, 1.82) is 0 Å². The van der Waals surface area contributed by atoms with E-state index < -0.39 is 5.56 Å². The number of aromatic hydroxyl groups is 1. The lowest BCUT2D eigenvalue weighted by Crippen LogP contribution is -2.40. The van der Waals surface area contributed by atoms with E-state index in [2.05, 4.69) is 9.97 Å². The number of hydrogen-bond acceptors (Lipinski definition) is 7. The van der Waals surface area contributed by atoms with Crippen molar-refractivity contribution in [3.05, 3.63) is 73.0 Å². The molecule has 0 saturated heterocycles. The summed E-state index contributed by atoms with van der Waals surface area (Å²) in [5, 5.41) is 11.3. The average Bonchev–Trinajstić information content (AvgIpc) is 2.86. The van der Waals surface area contributed by atoms with Gasteiger partial charge in [-0.1, -0.05) is 41.0 Å². The number of ether oxygens (including phenoxy) is 2. The molecule has 1 aromatic heterocycles. The van der Waals surface area contributed by atoms with Gasteiger partial charge in [-0.25, -0.2) is 0 Å². The molecule has 0 radical (unpaired) electrons. The minimum atomic E-state index is -0.482. The third-order valence-corrected chi connectivity index (χ3v) is 7.77. The summed E-state index contributed by atoms with van der Waals surface area (Å²) in [6.07, 6.45) is 0.823. The summed E-state index contributed by atoms with van der Waals surface area (Å²) >= 11 is 13.0. The second-order valence-electron chi connectivity index (χ2n) is 8.31. The number of benzene rings is 2. The molecule has 1 aliphatic heterocycles. The van der Waals surface area contributed by atoms with Gasteiger partial charge in [0, 0.05) is 13.0 Å². The number of aromatic nitrogens is 2. The molecule has 11 heteroatoms. The normalized spacial score (nSPS) is 14.9. The van der Waals surface area contributed by atoms with Crippen LogP contribution in [0.5, 0.6) is 17.4 Å². The molecule has 0 saturated carbocycles. The Morgan fingerprint density at radius 3 is 2.58 bits per heavy atom. The number of methoxy groups -OCH3 is 2. The van der Waals surface area contributed by atoms with Crippen LogP contribution in [0.15, 0.2) is 40.3 Å². The first-order valence-electron chi connectivity index (χ1n) is 11.1. The summed E-state index contributed by atoms with van der Waals surface area (Å²) in [5.41, 5.74) is 2.45. The minimum Gasteiger partial charge on any atom is -0.493 e. The second kappa shape index (κ2) is 11.0. The molecule has 3 aromatic rings. The Morgan fingerprint density at radius 1 is 1.19 bits per heavy atom. The van der Waals surface area contributed by atoms with Crippen LogP contribution < -0.4 is 15.0 Å². The van der Waals surface area contributed by atoms with Gasteiger partial charge in [0.15, 0.2) is 16.7 Å². The van der Waals surface area contributed by atoms with Gasteiger partial charge in [-0.05, 0) is 54.3 Å². The zero-order valence-corrected chi connectivity index (χ0v) is 22.3. The molecule has 0 aliphatic carbocycles. The van der Waals surface area contributed by atoms with Crippen LogP contribution in [0.4, 0.5) is 0 Å². The Kier molecular flexibility index (Phi) is 8.02. The summed E-state index contributed by atoms with van der Waals surface area (Å²) < 4.78 is 10.8. The number of amides is 1. The maximum atomic E-state index is 13.1. The molecule has 0 fully saturated rings. The maximum Gasteiger partial charge on any atom is 0.258 e. The van der Waals surface area contributed by atoms with Crippen molar-refractivity contribution in [2.75, 3.05) is 26.5 Å². The molecular formula is C25H25Cl2N3O5S. The van der Waals surface area contributed by atoms with Gasteiger partial charge >= 0.3 is 0 Å². The van der Waals surface area contributed by atoms with E-state index in [0.29, 0.717) is 40.1 Å². The highest BCUT2D eigenvalue weighted by Gasteiger charge is 2.29. The number of carbonyl (C=O) groups excluding carboxylic acids is 1. The number of thioether (sulfide) groups is 1. The van der Waals surface area contributed by atoms with Crippen LogP contribution >= 0.6 is 35.0 Å². The number of fused-ring (bicyclic) bond motifs is 1. The lowest BCUT2D eigenvalue weighted by Gasteiger charge is -2.35. The molecule has 0 bridgehead atoms. The van der Waals surface area contributed by atoms with Crippen LogP contribution in [0.25, 0.3) is 0 Å². The quantitative estimate of drug-likeness (QED) is 0.327. The number of carbonyl (C=O) groups is 1. The highest BCUT2D eigenvalue weighted by atomic mass is 35.5. The van der Waals surface area contributed by atoms with Crippen LogP contribution in [0.3, 0.4) is 0 Å². The fourth-order valence-corrected chi connectivity index (χ4v) is 5.31. The predicted octanol–water partition coefficient (Wildman–Crippen LogP) is 4.63. The summed E-state index contributed by atoms with van der Waals surface area (Å²) in [5.74, 6) is 0.846. The van der Waals surface area contributed by atoms with Crippen molar-refractivity contribution >= 4 is 40.9 Å². The summed E-state index contributed by atoms with van der Waals surface area (Å²) in [7, 11) is 3.18. The molecule has 0 unspecified atom stereocenters. The van der Waals surface area contributed by atoms with E-state index in [-0.39, 0.29) is 40.7 Å². The van der Waals surface area contributed by atoms with Crippen molar-refractivity contribution < 1.29 is 19.4 Å². The van der Waals surface area contributed by atoms with Gasteiger partial charge in [-0.3, -0.25) is 9.59 Å². The van der Waals surface area contributed by atoms with Gasteiger partial charge < -0.3 is 24.5 Å². The highest BCUT2D eigenvalue weighted by molar-refractivity contribution is 7.99. The van der Waals surface area contributed by atoms with Crippen molar-refractivity contribution in [3.63, 3.8) is 0 Å². The van der Waals surface area contributed by atoms with E-state index in [4.69, 9.17) is 32.7 Å². The van der Waals surface area contributed by atoms with Gasteiger partial charge in [0.1, 0.15) is 0 Å². The zero-order chi connectivity index (χ0) is 26.0. The molecule has 2 heterocycles. The number of nitrogens with zero attached hydrogens (tertiary/aromatic N) is 2. The smallest absolute Gasteiger partial charge is 0.258 e. The van der Waals surface area contributed by atoms with Gasteiger partial charge in [0.05, 0.1) is 41.6 Å². The first-order chi connectivity index (χ1) is 17.2. The van der Waals surface area contributed by atoms with Crippen molar-refractivity contribution in [3.8, 4) is 17.4 Å². The van der Waals surface area contributed by atoms with Gasteiger partial charge in [-0.2, -0.15) is 4.98 Å². The molecule has 2 N–H and O–H groups in total. The maximum absolute atomic E-state index is 13.1. The number of nitrogens with one attached hydrogen (secondary N) is 1. The van der Waals surface area contributed by atoms with Crippen molar-refractivity contribution in [1.82, 2.24) is 14.9 Å². The Hall–Kier alpha value is -2.88. The lowest BCUT2D eigenvalue weighted by molar-refractivity contribution is -0.130. The first kappa shape index (κ1) is 26.2. The Morgan fingerprint density at radius 2 is 1.92 bits per heavy atom. The van der Waals surface area contributed by atoms with E-state index in [9.17, 15) is 14.7 Å². The number of hydrogen-bond donors (Lipinski definition) is 2. The van der Waals surface area contributed by atoms with E-state index in [1.165, 1.54) is 0 Å². The topological polar surface area (TPSA) is 105 Å². The molecule has 190 valence electrons. The van der Waals surface area contributed by atoms with Crippen LogP contribution in [-0.2, 0) is 17.6 Å². The van der Waals surface area contributed by atoms with Gasteiger partial charge in [0.2, 0.25) is 11.8 Å². The van der Waals surface area contributed by atoms with Crippen LogP contribution in [-0.4, -0.2) is 52.4 Å². The summed E-state index contributed by atoms with van der Waals surface area (Å²) in [6, 6.07) is 8.69. The Balaban J connectivity index is 1.44. The zero-order valence-electron chi connectivity index (χ0n) is 19.9. The van der Waals surface area contributed by atoms with Crippen LogP contribution in [0.1, 0.15) is 35.2 Å². The summed E-state index contributed by atoms with van der Waals surface area (Å²) in [4.78, 5) is 34.2. The second-order valence-corrected chi connectivity index (χ2v) is 10.1.